The molecule has 5 heteroatoms. The number of hydrogen-bond donors (Lipinski definition) is 0. The van der Waals surface area contributed by atoms with Crippen LogP contribution in [0.15, 0.2) is 18.2 Å². The summed E-state index contributed by atoms with van der Waals surface area (Å²) in [6, 6.07) is 5.57. The third kappa shape index (κ3) is 2.22. The van der Waals surface area contributed by atoms with Gasteiger partial charge in [0.1, 0.15) is 0 Å². The van der Waals surface area contributed by atoms with Gasteiger partial charge in [0.15, 0.2) is 5.78 Å². The monoisotopic (exact) mass is 307 g/mol. The van der Waals surface area contributed by atoms with E-state index in [9.17, 15) is 9.59 Å². The Morgan fingerprint density at radius 1 is 1.52 bits per heavy atom. The molecule has 4 nitrogen and oxygen atoms in total. The highest BCUT2D eigenvalue weighted by Crippen LogP contribution is 2.51. The zero-order valence-corrected chi connectivity index (χ0v) is 12.9. The fourth-order valence-electron chi connectivity index (χ4n) is 3.64. The molecule has 112 valence electrons. The van der Waals surface area contributed by atoms with Gasteiger partial charge in [-0.05, 0) is 18.6 Å². The van der Waals surface area contributed by atoms with Gasteiger partial charge in [0.05, 0.1) is 11.6 Å². The number of nitrogens with zero attached hydrogens (tertiary/aromatic N) is 1. The number of ether oxygens (including phenoxy) is 1. The maximum absolute atomic E-state index is 12.4. The lowest BCUT2D eigenvalue weighted by molar-refractivity contribution is 0.0877. The molecule has 0 radical (unpaired) electrons. The van der Waals surface area contributed by atoms with Gasteiger partial charge in [0.2, 0.25) is 0 Å². The predicted molar refractivity (Wildman–Crippen MR) is 79.8 cm³/mol. The first-order valence-corrected chi connectivity index (χ1v) is 7.57. The molecule has 0 spiro atoms. The third-order valence-electron chi connectivity index (χ3n) is 4.59. The topological polar surface area (TPSA) is 46.6 Å². The minimum Gasteiger partial charge on any atom is -0.450 e. The lowest BCUT2D eigenvalue weighted by atomic mass is 9.66. The first-order chi connectivity index (χ1) is 9.96. The van der Waals surface area contributed by atoms with Crippen LogP contribution in [0.3, 0.4) is 0 Å². The van der Waals surface area contributed by atoms with Crippen LogP contribution in [0.5, 0.6) is 0 Å². The van der Waals surface area contributed by atoms with Crippen LogP contribution in [0.1, 0.15) is 42.1 Å². The molecule has 3 rings (SSSR count). The summed E-state index contributed by atoms with van der Waals surface area (Å²) >= 11 is 6.20. The van der Waals surface area contributed by atoms with Crippen molar-refractivity contribution in [3.8, 4) is 0 Å². The van der Waals surface area contributed by atoms with Crippen molar-refractivity contribution < 1.29 is 14.3 Å². The van der Waals surface area contributed by atoms with Crippen molar-refractivity contribution in [2.24, 2.45) is 5.41 Å². The van der Waals surface area contributed by atoms with E-state index in [-0.39, 0.29) is 23.2 Å². The van der Waals surface area contributed by atoms with E-state index in [0.29, 0.717) is 36.7 Å². The number of rotatable bonds is 1. The second-order valence-electron chi connectivity index (χ2n) is 6.09. The number of Topliss-reactive ketones (excluding diaryl/α,β-unsaturated/α-hetero) is 1. The van der Waals surface area contributed by atoms with Gasteiger partial charge < -0.3 is 9.64 Å². The summed E-state index contributed by atoms with van der Waals surface area (Å²) in [7, 11) is 0. The quantitative estimate of drug-likeness (QED) is 0.798. The molecule has 0 bridgehead atoms. The fraction of sp³-hybridized carbons (Fsp3) is 0.500. The van der Waals surface area contributed by atoms with Gasteiger partial charge in [-0.1, -0.05) is 30.7 Å². The van der Waals surface area contributed by atoms with E-state index in [1.807, 2.05) is 12.1 Å². The first-order valence-electron chi connectivity index (χ1n) is 7.19. The second kappa shape index (κ2) is 5.02. The van der Waals surface area contributed by atoms with E-state index in [4.69, 9.17) is 16.3 Å². The normalized spacial score (nSPS) is 27.3. The average molecular weight is 308 g/mol. The Balaban J connectivity index is 1.99. The van der Waals surface area contributed by atoms with Gasteiger partial charge in [-0.15, -0.1) is 0 Å². The van der Waals surface area contributed by atoms with Crippen LogP contribution >= 0.6 is 11.6 Å². The molecule has 1 aromatic carbocycles. The zero-order chi connectivity index (χ0) is 15.2. The molecule has 1 aliphatic carbocycles. The molecule has 0 N–H and O–H groups in total. The molecular formula is C16H18ClNO3. The maximum atomic E-state index is 12.4. The van der Waals surface area contributed by atoms with Crippen LogP contribution in [0.25, 0.3) is 0 Å². The number of carbonyl (C=O) groups is 2. The van der Waals surface area contributed by atoms with Crippen molar-refractivity contribution in [3.05, 3.63) is 34.3 Å². The predicted octanol–water partition coefficient (Wildman–Crippen LogP) is 3.49. The largest absolute Gasteiger partial charge is 0.450 e. The molecule has 1 saturated heterocycles. The highest BCUT2D eigenvalue weighted by molar-refractivity contribution is 6.34. The third-order valence-corrected chi connectivity index (χ3v) is 4.90. The van der Waals surface area contributed by atoms with Crippen LogP contribution in [0.2, 0.25) is 5.02 Å². The standard InChI is InChI=1S/C16H18ClNO3/c1-3-21-15(20)18-8-11-10-5-4-6-12(17)14(10)13(19)7-16(11,2)9-18/h4-6,11H,3,7-9H2,1-2H3/t11-,16-/m0/s1. The Morgan fingerprint density at radius 3 is 3.00 bits per heavy atom. The number of ketones is 1. The summed E-state index contributed by atoms with van der Waals surface area (Å²) in [6.07, 6.45) is 0.119. The number of carbonyl (C=O) groups excluding carboxylic acids is 2. The molecule has 1 aromatic rings. The van der Waals surface area contributed by atoms with Crippen LogP contribution in [-0.4, -0.2) is 36.5 Å². The second-order valence-corrected chi connectivity index (χ2v) is 6.50. The van der Waals surface area contributed by atoms with Gasteiger partial charge in [-0.2, -0.15) is 0 Å². The van der Waals surface area contributed by atoms with Crippen molar-refractivity contribution in [3.63, 3.8) is 0 Å². The average Bonchev–Trinajstić information content (AvgIpc) is 2.76. The highest BCUT2D eigenvalue weighted by Gasteiger charge is 2.51. The van der Waals surface area contributed by atoms with E-state index in [1.54, 1.807) is 17.9 Å². The summed E-state index contributed by atoms with van der Waals surface area (Å²) in [6.45, 7) is 5.35. The van der Waals surface area contributed by atoms with E-state index in [2.05, 4.69) is 6.92 Å². The maximum Gasteiger partial charge on any atom is 0.409 e. The smallest absolute Gasteiger partial charge is 0.409 e. The van der Waals surface area contributed by atoms with Crippen LogP contribution < -0.4 is 0 Å². The molecule has 1 aliphatic heterocycles. The fourth-order valence-corrected chi connectivity index (χ4v) is 3.93. The molecule has 0 aromatic heterocycles. The number of benzene rings is 1. The first kappa shape index (κ1) is 14.4. The van der Waals surface area contributed by atoms with Gasteiger partial charge in [0, 0.05) is 36.4 Å². The van der Waals surface area contributed by atoms with Gasteiger partial charge in [0.25, 0.3) is 0 Å². The Bertz CT molecular complexity index is 616. The van der Waals surface area contributed by atoms with Crippen LogP contribution in [-0.2, 0) is 4.74 Å². The van der Waals surface area contributed by atoms with Crippen LogP contribution in [0, 0.1) is 5.41 Å². The molecular weight excluding hydrogens is 290 g/mol. The number of likely N-dealkylation sites (tertiary alicyclic amines) is 1. The van der Waals surface area contributed by atoms with E-state index < -0.39 is 0 Å². The number of amides is 1. The summed E-state index contributed by atoms with van der Waals surface area (Å²) in [5.41, 5.74) is 1.36. The number of hydrogen-bond acceptors (Lipinski definition) is 3. The molecule has 1 heterocycles. The van der Waals surface area contributed by atoms with Gasteiger partial charge >= 0.3 is 6.09 Å². The zero-order valence-electron chi connectivity index (χ0n) is 12.2. The lowest BCUT2D eigenvalue weighted by Gasteiger charge is -2.35. The summed E-state index contributed by atoms with van der Waals surface area (Å²) in [4.78, 5) is 26.1. The van der Waals surface area contributed by atoms with Crippen molar-refractivity contribution in [2.75, 3.05) is 19.7 Å². The minimum atomic E-state index is -0.302. The molecule has 0 saturated carbocycles. The van der Waals surface area contributed by atoms with Gasteiger partial charge in [-0.25, -0.2) is 4.79 Å². The molecule has 21 heavy (non-hydrogen) atoms. The molecule has 0 unspecified atom stereocenters. The molecule has 1 amide bonds. The molecule has 2 atom stereocenters. The summed E-state index contributed by atoms with van der Waals surface area (Å²) in [5.74, 6) is 0.202. The Hall–Kier alpha value is -1.55. The van der Waals surface area contributed by atoms with Gasteiger partial charge in [-0.3, -0.25) is 4.79 Å². The molecule has 2 aliphatic rings. The Kier molecular flexibility index (Phi) is 3.44. The SMILES string of the molecule is CCOC(=O)N1C[C@H]2c3cccc(Cl)c3C(=O)C[C@@]2(C)C1. The van der Waals surface area contributed by atoms with Crippen molar-refractivity contribution in [1.29, 1.82) is 0 Å². The van der Waals surface area contributed by atoms with Crippen molar-refractivity contribution in [2.45, 2.75) is 26.2 Å². The number of fused-ring (bicyclic) bond motifs is 3. The van der Waals surface area contributed by atoms with E-state index in [0.717, 1.165) is 5.56 Å². The highest BCUT2D eigenvalue weighted by atomic mass is 35.5. The van der Waals surface area contributed by atoms with Crippen LogP contribution in [0.4, 0.5) is 4.79 Å². The Morgan fingerprint density at radius 2 is 2.29 bits per heavy atom. The molecule has 1 fully saturated rings. The van der Waals surface area contributed by atoms with E-state index in [1.165, 1.54) is 0 Å². The summed E-state index contributed by atoms with van der Waals surface area (Å²) in [5, 5.41) is 0.508. The van der Waals surface area contributed by atoms with Crippen molar-refractivity contribution >= 4 is 23.5 Å². The van der Waals surface area contributed by atoms with Crippen molar-refractivity contribution in [1.82, 2.24) is 4.90 Å². The Labute approximate surface area is 129 Å². The summed E-state index contributed by atoms with van der Waals surface area (Å²) < 4.78 is 5.09. The van der Waals surface area contributed by atoms with E-state index >= 15 is 0 Å². The minimum absolute atomic E-state index is 0.0695. The number of halogens is 1. The lowest BCUT2D eigenvalue weighted by Crippen LogP contribution is -2.35.